The Morgan fingerprint density at radius 3 is 2.66 bits per heavy atom. The van der Waals surface area contributed by atoms with Crippen molar-refractivity contribution in [2.75, 3.05) is 38.7 Å². The van der Waals surface area contributed by atoms with E-state index in [4.69, 9.17) is 9.47 Å². The number of carbonyl (C=O) groups excluding carboxylic acids is 1. The number of morpholine rings is 1. The third-order valence-corrected chi connectivity index (χ3v) is 7.41. The number of carbonyl (C=O) groups is 1. The van der Waals surface area contributed by atoms with Crippen LogP contribution in [0.1, 0.15) is 16.8 Å². The van der Waals surface area contributed by atoms with Crippen molar-refractivity contribution < 1.29 is 22.7 Å². The average Bonchev–Trinajstić information content (AvgIpc) is 2.89. The minimum atomic E-state index is -3.77. The summed E-state index contributed by atoms with van der Waals surface area (Å²) in [5.41, 5.74) is 2.97. The van der Waals surface area contributed by atoms with Crippen LogP contribution in [0, 0.1) is 0 Å². The Bertz CT molecular complexity index is 1300. The number of aromatic nitrogens is 1. The number of rotatable bonds is 8. The van der Waals surface area contributed by atoms with Crippen molar-refractivity contribution in [2.45, 2.75) is 11.3 Å². The normalized spacial score (nSPS) is 14.7. The zero-order valence-corrected chi connectivity index (χ0v) is 20.2. The topological polar surface area (TPSA) is 97.8 Å². The Morgan fingerprint density at radius 2 is 1.91 bits per heavy atom. The van der Waals surface area contributed by atoms with E-state index in [1.807, 2.05) is 48.6 Å². The number of hydrogen-bond donors (Lipinski definition) is 1. The van der Waals surface area contributed by atoms with Crippen molar-refractivity contribution in [1.29, 1.82) is 0 Å². The van der Waals surface area contributed by atoms with E-state index in [1.165, 1.54) is 17.5 Å². The molecule has 35 heavy (non-hydrogen) atoms. The number of anilines is 1. The Morgan fingerprint density at radius 1 is 1.09 bits per heavy atom. The van der Waals surface area contributed by atoms with Crippen LogP contribution in [0.3, 0.4) is 0 Å². The first kappa shape index (κ1) is 24.6. The molecule has 0 saturated carbocycles. The molecule has 0 atom stereocenters. The van der Waals surface area contributed by atoms with E-state index in [-0.39, 0.29) is 36.1 Å². The van der Waals surface area contributed by atoms with Crippen LogP contribution >= 0.6 is 0 Å². The predicted octanol–water partition coefficient (Wildman–Crippen LogP) is 3.46. The second kappa shape index (κ2) is 11.3. The van der Waals surface area contributed by atoms with Crippen LogP contribution in [0.4, 0.5) is 5.69 Å². The van der Waals surface area contributed by atoms with Gasteiger partial charge < -0.3 is 14.8 Å². The predicted molar refractivity (Wildman–Crippen MR) is 135 cm³/mol. The summed E-state index contributed by atoms with van der Waals surface area (Å²) in [6.45, 7) is 1.25. The van der Waals surface area contributed by atoms with Gasteiger partial charge in [-0.15, -0.1) is 0 Å². The Hall–Kier alpha value is -3.53. The first-order chi connectivity index (χ1) is 17.0. The van der Waals surface area contributed by atoms with Gasteiger partial charge in [0.25, 0.3) is 0 Å². The zero-order chi connectivity index (χ0) is 24.7. The molecule has 0 aliphatic carbocycles. The van der Waals surface area contributed by atoms with Crippen LogP contribution in [0.5, 0.6) is 5.75 Å². The molecule has 182 valence electrons. The van der Waals surface area contributed by atoms with E-state index < -0.39 is 10.0 Å². The number of nitrogens with zero attached hydrogens (tertiary/aromatic N) is 2. The number of amides is 1. The third-order valence-electron chi connectivity index (χ3n) is 5.49. The highest BCUT2D eigenvalue weighted by molar-refractivity contribution is 7.89. The summed E-state index contributed by atoms with van der Waals surface area (Å²) in [4.78, 5) is 17.1. The van der Waals surface area contributed by atoms with E-state index >= 15 is 0 Å². The summed E-state index contributed by atoms with van der Waals surface area (Å²) in [6.07, 6.45) is 5.57. The number of ether oxygens (including phenoxy) is 2. The molecular weight excluding hydrogens is 466 g/mol. The van der Waals surface area contributed by atoms with Gasteiger partial charge in [-0.3, -0.25) is 9.78 Å². The molecule has 1 aromatic heterocycles. The maximum absolute atomic E-state index is 13.2. The second-order valence-electron chi connectivity index (χ2n) is 7.94. The van der Waals surface area contributed by atoms with Gasteiger partial charge in [0.05, 0.1) is 32.4 Å². The Kier molecular flexibility index (Phi) is 7.91. The minimum Gasteiger partial charge on any atom is -0.495 e. The molecule has 3 aromatic rings. The fourth-order valence-corrected chi connectivity index (χ4v) is 5.34. The molecule has 2 heterocycles. The van der Waals surface area contributed by atoms with Gasteiger partial charge in [-0.25, -0.2) is 8.42 Å². The fourth-order valence-electron chi connectivity index (χ4n) is 3.73. The van der Waals surface area contributed by atoms with Gasteiger partial charge in [0.1, 0.15) is 10.6 Å². The second-order valence-corrected chi connectivity index (χ2v) is 9.85. The molecule has 9 heteroatoms. The van der Waals surface area contributed by atoms with E-state index in [0.29, 0.717) is 24.5 Å². The van der Waals surface area contributed by atoms with Crippen LogP contribution in [-0.2, 0) is 26.0 Å². The number of sulfonamides is 1. The van der Waals surface area contributed by atoms with Crippen molar-refractivity contribution in [3.63, 3.8) is 0 Å². The highest BCUT2D eigenvalue weighted by Crippen LogP contribution is 2.28. The molecule has 0 spiro atoms. The summed E-state index contributed by atoms with van der Waals surface area (Å²) in [7, 11) is -2.35. The number of nitrogens with one attached hydrogen (secondary N) is 1. The smallest absolute Gasteiger partial charge is 0.246 e. The summed E-state index contributed by atoms with van der Waals surface area (Å²) in [6, 6.07) is 17.9. The van der Waals surface area contributed by atoms with Crippen molar-refractivity contribution in [3.05, 3.63) is 83.7 Å². The molecule has 0 bridgehead atoms. The van der Waals surface area contributed by atoms with Crippen LogP contribution < -0.4 is 10.1 Å². The highest BCUT2D eigenvalue weighted by atomic mass is 32.2. The number of hydrogen-bond acceptors (Lipinski definition) is 6. The molecule has 4 rings (SSSR count). The lowest BCUT2D eigenvalue weighted by molar-refractivity contribution is -0.115. The maximum atomic E-state index is 13.2. The minimum absolute atomic E-state index is 0.0175. The monoisotopic (exact) mass is 493 g/mol. The molecule has 2 aromatic carbocycles. The van der Waals surface area contributed by atoms with Crippen LogP contribution in [0.15, 0.2) is 71.8 Å². The fraction of sp³-hybridized carbons (Fsp3) is 0.231. The number of pyridine rings is 1. The van der Waals surface area contributed by atoms with Gasteiger partial charge >= 0.3 is 0 Å². The van der Waals surface area contributed by atoms with Gasteiger partial charge in [0.2, 0.25) is 15.9 Å². The van der Waals surface area contributed by atoms with Crippen molar-refractivity contribution in [3.8, 4) is 5.75 Å². The van der Waals surface area contributed by atoms with Gasteiger partial charge in [0, 0.05) is 25.0 Å². The maximum Gasteiger partial charge on any atom is 0.246 e. The van der Waals surface area contributed by atoms with Crippen molar-refractivity contribution in [1.82, 2.24) is 9.29 Å². The zero-order valence-electron chi connectivity index (χ0n) is 19.4. The molecular formula is C26H27N3O5S. The van der Waals surface area contributed by atoms with E-state index in [9.17, 15) is 13.2 Å². The summed E-state index contributed by atoms with van der Waals surface area (Å²) in [5, 5.41) is 2.88. The van der Waals surface area contributed by atoms with Gasteiger partial charge in [-0.05, 0) is 53.6 Å². The van der Waals surface area contributed by atoms with Gasteiger partial charge in [0.15, 0.2) is 0 Å². The average molecular weight is 494 g/mol. The molecule has 0 radical (unpaired) electrons. The molecule has 1 amide bonds. The quantitative estimate of drug-likeness (QED) is 0.516. The summed E-state index contributed by atoms with van der Waals surface area (Å²) >= 11 is 0. The Labute approximate surface area is 205 Å². The number of benzene rings is 2. The number of methoxy groups -OCH3 is 1. The lowest BCUT2D eigenvalue weighted by atomic mass is 10.1. The van der Waals surface area contributed by atoms with E-state index in [2.05, 4.69) is 10.3 Å². The van der Waals surface area contributed by atoms with Crippen LogP contribution in [-0.4, -0.2) is 57.0 Å². The van der Waals surface area contributed by atoms with Gasteiger partial charge in [-0.2, -0.15) is 4.31 Å². The summed E-state index contributed by atoms with van der Waals surface area (Å²) < 4.78 is 38.3. The Balaban J connectivity index is 1.47. The molecule has 1 saturated heterocycles. The van der Waals surface area contributed by atoms with Gasteiger partial charge in [-0.1, -0.05) is 30.3 Å². The van der Waals surface area contributed by atoms with E-state index in [1.54, 1.807) is 24.4 Å². The van der Waals surface area contributed by atoms with E-state index in [0.717, 1.165) is 11.3 Å². The van der Waals surface area contributed by atoms with Crippen molar-refractivity contribution >= 4 is 33.8 Å². The molecule has 1 aliphatic heterocycles. The standard InChI is InChI=1S/C26H27N3O5S/c1-33-24-11-9-21(18-25(24)35(31,32)29-13-15-34-16-14-29)19-26(30)28-23-7-4-5-20(17-23)8-10-22-6-2-3-12-27-22/h2-12,17-18H,13-16,19H2,1H3,(H,28,30)/b10-8+. The highest BCUT2D eigenvalue weighted by Gasteiger charge is 2.29. The molecule has 8 nitrogen and oxygen atoms in total. The largest absolute Gasteiger partial charge is 0.495 e. The first-order valence-corrected chi connectivity index (χ1v) is 12.6. The third kappa shape index (κ3) is 6.33. The van der Waals surface area contributed by atoms with Crippen molar-refractivity contribution in [2.24, 2.45) is 0 Å². The molecule has 1 aliphatic rings. The SMILES string of the molecule is COc1ccc(CC(=O)Nc2cccc(/C=C/c3ccccn3)c2)cc1S(=O)(=O)N1CCOCC1. The molecule has 0 unspecified atom stereocenters. The van der Waals surface area contributed by atoms with Crippen LogP contribution in [0.25, 0.3) is 12.2 Å². The molecule has 1 fully saturated rings. The lowest BCUT2D eigenvalue weighted by Crippen LogP contribution is -2.40. The molecule has 1 N–H and O–H groups in total. The van der Waals surface area contributed by atoms with Crippen LogP contribution in [0.2, 0.25) is 0 Å². The first-order valence-electron chi connectivity index (χ1n) is 11.2. The summed E-state index contributed by atoms with van der Waals surface area (Å²) in [5.74, 6) is -0.0104. The lowest BCUT2D eigenvalue weighted by Gasteiger charge is -2.26.